The highest BCUT2D eigenvalue weighted by Crippen LogP contribution is 2.06. The standard InChI is InChI=1S/C6H11NO.CN/c1-6(2,8-4)5-7-3;1-2/h5H2,1-2,4H3;/q;-1. The van der Waals surface area contributed by atoms with Gasteiger partial charge in [-0.1, -0.05) is 0 Å². The molecule has 0 aromatic rings. The highest BCUT2D eigenvalue weighted by molar-refractivity contribution is 4.78. The second-order valence-electron chi connectivity index (χ2n) is 2.28. The van der Waals surface area contributed by atoms with Gasteiger partial charge in [0.15, 0.2) is 0 Å². The first-order valence-electron chi connectivity index (χ1n) is 2.73. The third-order valence-electron chi connectivity index (χ3n) is 1.01. The van der Waals surface area contributed by atoms with Gasteiger partial charge in [0.1, 0.15) is 5.60 Å². The van der Waals surface area contributed by atoms with E-state index in [1.54, 1.807) is 7.11 Å². The van der Waals surface area contributed by atoms with Crippen LogP contribution in [-0.2, 0) is 4.74 Å². The smallest absolute Gasteiger partial charge is 0.242 e. The van der Waals surface area contributed by atoms with Crippen LogP contribution in [-0.4, -0.2) is 19.3 Å². The van der Waals surface area contributed by atoms with E-state index in [0.29, 0.717) is 6.54 Å². The lowest BCUT2D eigenvalue weighted by atomic mass is 10.1. The van der Waals surface area contributed by atoms with Gasteiger partial charge < -0.3 is 21.4 Å². The summed E-state index contributed by atoms with van der Waals surface area (Å²) in [5.74, 6) is 0. The molecule has 0 fully saturated rings. The molecule has 3 nitrogen and oxygen atoms in total. The number of methoxy groups -OCH3 is 1. The highest BCUT2D eigenvalue weighted by Gasteiger charge is 2.18. The van der Waals surface area contributed by atoms with Gasteiger partial charge in [-0.15, -0.1) is 0 Å². The maximum absolute atomic E-state index is 6.51. The normalized spacial score (nSPS) is 8.80. The lowest BCUT2D eigenvalue weighted by Crippen LogP contribution is -2.25. The average Bonchev–Trinajstić information content (AvgIpc) is 1.93. The average molecular weight is 139 g/mol. The molecule has 0 rings (SSSR count). The van der Waals surface area contributed by atoms with Crippen molar-refractivity contribution >= 4 is 0 Å². The van der Waals surface area contributed by atoms with E-state index in [4.69, 9.17) is 23.1 Å². The third-order valence-corrected chi connectivity index (χ3v) is 1.01. The van der Waals surface area contributed by atoms with Crippen LogP contribution in [0.25, 0.3) is 4.85 Å². The van der Waals surface area contributed by atoms with Crippen molar-refractivity contribution in [3.05, 3.63) is 18.0 Å². The molecule has 0 aromatic heterocycles. The van der Waals surface area contributed by atoms with E-state index in [2.05, 4.69) is 4.85 Å². The van der Waals surface area contributed by atoms with Crippen LogP contribution in [0, 0.1) is 18.4 Å². The summed E-state index contributed by atoms with van der Waals surface area (Å²) >= 11 is 0. The van der Waals surface area contributed by atoms with Crippen LogP contribution in [0.15, 0.2) is 0 Å². The minimum Gasteiger partial charge on any atom is -0.512 e. The summed E-state index contributed by atoms with van der Waals surface area (Å²) in [6, 6.07) is 0. The Kier molecular flexibility index (Phi) is 7.10. The number of nitrogens with zero attached hydrogens (tertiary/aromatic N) is 2. The molecule has 3 heteroatoms. The van der Waals surface area contributed by atoms with Crippen molar-refractivity contribution < 1.29 is 4.74 Å². The fourth-order valence-electron chi connectivity index (χ4n) is 0.255. The van der Waals surface area contributed by atoms with Crippen molar-refractivity contribution in [2.75, 3.05) is 13.7 Å². The van der Waals surface area contributed by atoms with E-state index in [0.717, 1.165) is 0 Å². The first-order valence-corrected chi connectivity index (χ1v) is 2.73. The molecular formula is C7H11N2O-. The van der Waals surface area contributed by atoms with Gasteiger partial charge in [0.25, 0.3) is 0 Å². The van der Waals surface area contributed by atoms with Crippen molar-refractivity contribution in [1.82, 2.24) is 0 Å². The Morgan fingerprint density at radius 2 is 1.90 bits per heavy atom. The Morgan fingerprint density at radius 3 is 2.00 bits per heavy atom. The van der Waals surface area contributed by atoms with Crippen LogP contribution < -0.4 is 0 Å². The number of ether oxygens (including phenoxy) is 1. The second kappa shape index (κ2) is 6.07. The predicted octanol–water partition coefficient (Wildman–Crippen LogP) is 1.43. The second-order valence-corrected chi connectivity index (χ2v) is 2.28. The lowest BCUT2D eigenvalue weighted by molar-refractivity contribution is 0.0371. The van der Waals surface area contributed by atoms with Gasteiger partial charge in [-0.25, -0.2) is 6.57 Å². The Bertz CT molecular complexity index is 132. The van der Waals surface area contributed by atoms with Gasteiger partial charge in [-0.05, 0) is 13.8 Å². The Labute approximate surface area is 62.0 Å². The van der Waals surface area contributed by atoms with Crippen molar-refractivity contribution in [3.8, 4) is 0 Å². The molecule has 0 aromatic carbocycles. The maximum Gasteiger partial charge on any atom is 0.242 e. The molecule has 0 saturated carbocycles. The molecular weight excluding hydrogens is 128 g/mol. The molecule has 0 heterocycles. The van der Waals surface area contributed by atoms with Crippen molar-refractivity contribution in [2.24, 2.45) is 0 Å². The molecule has 0 saturated heterocycles. The first kappa shape index (κ1) is 11.7. The summed E-state index contributed by atoms with van der Waals surface area (Å²) in [6.07, 6.45) is 0. The number of hydrogen-bond acceptors (Lipinski definition) is 2. The van der Waals surface area contributed by atoms with Gasteiger partial charge in [0, 0.05) is 7.11 Å². The molecule has 0 radical (unpaired) electrons. The quantitative estimate of drug-likeness (QED) is 0.542. The molecule has 0 atom stereocenters. The van der Waals surface area contributed by atoms with Gasteiger partial charge in [-0.2, -0.15) is 0 Å². The van der Waals surface area contributed by atoms with E-state index in [9.17, 15) is 0 Å². The molecule has 0 aliphatic rings. The maximum atomic E-state index is 6.51. The van der Waals surface area contributed by atoms with Gasteiger partial charge in [0.05, 0.1) is 0 Å². The summed E-state index contributed by atoms with van der Waals surface area (Å²) in [6.45, 7) is 15.5. The van der Waals surface area contributed by atoms with Crippen molar-refractivity contribution in [2.45, 2.75) is 19.4 Å². The zero-order valence-electron chi connectivity index (χ0n) is 6.51. The number of hydrogen-bond donors (Lipinski definition) is 0. The monoisotopic (exact) mass is 139 g/mol. The third kappa shape index (κ3) is 6.94. The van der Waals surface area contributed by atoms with Crippen LogP contribution in [0.2, 0.25) is 0 Å². The topological polar surface area (TPSA) is 37.4 Å². The molecule has 0 N–H and O–H groups in total. The summed E-state index contributed by atoms with van der Waals surface area (Å²) < 4.78 is 4.96. The van der Waals surface area contributed by atoms with Crippen LogP contribution >= 0.6 is 0 Å². The van der Waals surface area contributed by atoms with Gasteiger partial charge in [-0.3, -0.25) is 0 Å². The van der Waals surface area contributed by atoms with Crippen molar-refractivity contribution in [1.29, 1.82) is 5.26 Å². The Balaban J connectivity index is 0. The molecule has 0 amide bonds. The zero-order chi connectivity index (χ0) is 8.62. The van der Waals surface area contributed by atoms with Gasteiger partial charge >= 0.3 is 0 Å². The first-order chi connectivity index (χ1) is 4.62. The zero-order valence-corrected chi connectivity index (χ0v) is 6.51. The van der Waals surface area contributed by atoms with E-state index in [1.807, 2.05) is 13.8 Å². The molecule has 0 aliphatic heterocycles. The minimum absolute atomic E-state index is 0.262. The van der Waals surface area contributed by atoms with Crippen molar-refractivity contribution in [3.63, 3.8) is 0 Å². The fraction of sp³-hybridized carbons (Fsp3) is 0.714. The van der Waals surface area contributed by atoms with E-state index in [1.165, 1.54) is 0 Å². The molecule has 0 aliphatic carbocycles. The van der Waals surface area contributed by atoms with E-state index < -0.39 is 0 Å². The Morgan fingerprint density at radius 1 is 1.50 bits per heavy atom. The van der Waals surface area contributed by atoms with Crippen LogP contribution in [0.1, 0.15) is 13.8 Å². The molecule has 56 valence electrons. The molecule has 0 bridgehead atoms. The summed E-state index contributed by atoms with van der Waals surface area (Å²) in [4.78, 5) is 3.20. The van der Waals surface area contributed by atoms with Crippen LogP contribution in [0.5, 0.6) is 0 Å². The lowest BCUT2D eigenvalue weighted by Gasteiger charge is -2.14. The largest absolute Gasteiger partial charge is 0.512 e. The Hall–Kier alpha value is -1.06. The predicted molar refractivity (Wildman–Crippen MR) is 37.5 cm³/mol. The number of rotatable bonds is 2. The van der Waals surface area contributed by atoms with E-state index in [-0.39, 0.29) is 5.60 Å². The summed E-state index contributed by atoms with van der Waals surface area (Å²) in [7, 11) is 1.62. The highest BCUT2D eigenvalue weighted by atomic mass is 16.5. The minimum atomic E-state index is -0.262. The summed E-state index contributed by atoms with van der Waals surface area (Å²) in [5.41, 5.74) is -0.262. The SMILES string of the molecule is [C-]#N.[C-]#[N+]CC(C)(C)OC. The van der Waals surface area contributed by atoms with Crippen LogP contribution in [0.4, 0.5) is 0 Å². The molecule has 0 unspecified atom stereocenters. The fourth-order valence-corrected chi connectivity index (χ4v) is 0.255. The van der Waals surface area contributed by atoms with Gasteiger partial charge in [0.2, 0.25) is 6.54 Å². The molecule has 0 spiro atoms. The van der Waals surface area contributed by atoms with Crippen LogP contribution in [0.3, 0.4) is 0 Å². The summed E-state index contributed by atoms with van der Waals surface area (Å²) in [5, 5.41) is 6.25. The molecule has 10 heavy (non-hydrogen) atoms. The van der Waals surface area contributed by atoms with E-state index >= 15 is 0 Å².